The molecule has 3 nitrogen and oxygen atoms in total. The van der Waals surface area contributed by atoms with E-state index in [9.17, 15) is 9.90 Å². The van der Waals surface area contributed by atoms with Crippen LogP contribution in [0.3, 0.4) is 0 Å². The predicted molar refractivity (Wildman–Crippen MR) is 81.4 cm³/mol. The Hall–Kier alpha value is -0.570. The molecule has 1 atom stereocenters. The Morgan fingerprint density at radius 1 is 1.10 bits per heavy atom. The minimum absolute atomic E-state index is 0.0929. The van der Waals surface area contributed by atoms with Crippen molar-refractivity contribution in [2.24, 2.45) is 11.3 Å². The summed E-state index contributed by atoms with van der Waals surface area (Å²) in [4.78, 5) is 15.1. The SMILES string of the molecule is CC(C)CC1(C(=O)N2CCCC(C)(O)CC2)CCCC1. The summed E-state index contributed by atoms with van der Waals surface area (Å²) in [7, 11) is 0. The molecule has 20 heavy (non-hydrogen) atoms. The summed E-state index contributed by atoms with van der Waals surface area (Å²) in [6.45, 7) is 7.90. The zero-order valence-electron chi connectivity index (χ0n) is 13.5. The van der Waals surface area contributed by atoms with E-state index in [1.165, 1.54) is 12.8 Å². The fraction of sp³-hybridized carbons (Fsp3) is 0.941. The van der Waals surface area contributed by atoms with Crippen molar-refractivity contribution < 1.29 is 9.90 Å². The van der Waals surface area contributed by atoms with Gasteiger partial charge in [-0.2, -0.15) is 0 Å². The van der Waals surface area contributed by atoms with E-state index in [0.29, 0.717) is 11.8 Å². The average Bonchev–Trinajstić information content (AvgIpc) is 2.73. The Morgan fingerprint density at radius 3 is 2.35 bits per heavy atom. The van der Waals surface area contributed by atoms with Gasteiger partial charge in [0.2, 0.25) is 5.91 Å². The molecular weight excluding hydrogens is 250 g/mol. The van der Waals surface area contributed by atoms with Crippen LogP contribution >= 0.6 is 0 Å². The molecule has 1 unspecified atom stereocenters. The van der Waals surface area contributed by atoms with Crippen molar-refractivity contribution in [1.29, 1.82) is 0 Å². The van der Waals surface area contributed by atoms with Gasteiger partial charge in [0.25, 0.3) is 0 Å². The molecule has 1 aliphatic carbocycles. The van der Waals surface area contributed by atoms with Crippen LogP contribution in [0.15, 0.2) is 0 Å². The lowest BCUT2D eigenvalue weighted by molar-refractivity contribution is -0.143. The third-order valence-corrected chi connectivity index (χ3v) is 5.16. The molecule has 1 aliphatic heterocycles. The van der Waals surface area contributed by atoms with Gasteiger partial charge in [0.15, 0.2) is 0 Å². The van der Waals surface area contributed by atoms with Gasteiger partial charge in [-0.3, -0.25) is 4.79 Å². The number of aliphatic hydroxyl groups is 1. The molecule has 0 radical (unpaired) electrons. The predicted octanol–water partition coefficient (Wildman–Crippen LogP) is 3.36. The normalized spacial score (nSPS) is 30.6. The smallest absolute Gasteiger partial charge is 0.228 e. The van der Waals surface area contributed by atoms with Gasteiger partial charge in [-0.1, -0.05) is 26.7 Å². The van der Waals surface area contributed by atoms with Gasteiger partial charge in [0.05, 0.1) is 5.60 Å². The van der Waals surface area contributed by atoms with Crippen molar-refractivity contribution in [3.05, 3.63) is 0 Å². The fourth-order valence-corrected chi connectivity index (χ4v) is 4.14. The van der Waals surface area contributed by atoms with Gasteiger partial charge in [-0.05, 0) is 51.4 Å². The summed E-state index contributed by atoms with van der Waals surface area (Å²) in [5, 5.41) is 10.2. The largest absolute Gasteiger partial charge is 0.390 e. The molecule has 1 N–H and O–H groups in total. The Balaban J connectivity index is 2.08. The first-order chi connectivity index (χ1) is 9.35. The first kappa shape index (κ1) is 15.8. The minimum atomic E-state index is -0.587. The van der Waals surface area contributed by atoms with Crippen LogP contribution in [0.1, 0.15) is 72.1 Å². The Kier molecular flexibility index (Phi) is 4.78. The van der Waals surface area contributed by atoms with Crippen LogP contribution in [0.5, 0.6) is 0 Å². The van der Waals surface area contributed by atoms with E-state index >= 15 is 0 Å². The number of hydrogen-bond acceptors (Lipinski definition) is 2. The van der Waals surface area contributed by atoms with Gasteiger partial charge in [0.1, 0.15) is 0 Å². The third-order valence-electron chi connectivity index (χ3n) is 5.16. The van der Waals surface area contributed by atoms with E-state index < -0.39 is 5.60 Å². The van der Waals surface area contributed by atoms with E-state index in [1.807, 2.05) is 6.92 Å². The highest BCUT2D eigenvalue weighted by Gasteiger charge is 2.44. The lowest BCUT2D eigenvalue weighted by Gasteiger charge is -2.35. The summed E-state index contributed by atoms with van der Waals surface area (Å²) >= 11 is 0. The zero-order valence-corrected chi connectivity index (χ0v) is 13.5. The van der Waals surface area contributed by atoms with Crippen LogP contribution in [0.2, 0.25) is 0 Å². The molecule has 1 heterocycles. The highest BCUT2D eigenvalue weighted by atomic mass is 16.3. The number of amides is 1. The summed E-state index contributed by atoms with van der Waals surface area (Å²) in [5.41, 5.74) is -0.680. The molecule has 0 aromatic rings. The van der Waals surface area contributed by atoms with Crippen molar-refractivity contribution in [2.75, 3.05) is 13.1 Å². The van der Waals surface area contributed by atoms with Crippen LogP contribution < -0.4 is 0 Å². The number of nitrogens with zero attached hydrogens (tertiary/aromatic N) is 1. The molecule has 2 aliphatic rings. The third kappa shape index (κ3) is 3.55. The Morgan fingerprint density at radius 2 is 1.75 bits per heavy atom. The number of rotatable bonds is 3. The summed E-state index contributed by atoms with van der Waals surface area (Å²) in [6.07, 6.45) is 8.02. The molecule has 0 bridgehead atoms. The highest BCUT2D eigenvalue weighted by molar-refractivity contribution is 5.83. The summed E-state index contributed by atoms with van der Waals surface area (Å²) in [6, 6.07) is 0. The molecule has 0 aromatic heterocycles. The van der Waals surface area contributed by atoms with Crippen LogP contribution in [0, 0.1) is 11.3 Å². The lowest BCUT2D eigenvalue weighted by Crippen LogP contribution is -2.44. The second kappa shape index (κ2) is 6.05. The van der Waals surface area contributed by atoms with Crippen molar-refractivity contribution in [1.82, 2.24) is 4.90 Å². The fourth-order valence-electron chi connectivity index (χ4n) is 4.14. The quantitative estimate of drug-likeness (QED) is 0.861. The molecule has 2 rings (SSSR count). The van der Waals surface area contributed by atoms with Crippen molar-refractivity contribution in [3.63, 3.8) is 0 Å². The monoisotopic (exact) mass is 281 g/mol. The van der Waals surface area contributed by atoms with Crippen LogP contribution in [0.25, 0.3) is 0 Å². The van der Waals surface area contributed by atoms with Crippen molar-refractivity contribution in [2.45, 2.75) is 77.7 Å². The highest BCUT2D eigenvalue weighted by Crippen LogP contribution is 2.45. The Bertz CT molecular complexity index is 343. The number of carbonyl (C=O) groups excluding carboxylic acids is 1. The maximum absolute atomic E-state index is 13.1. The molecule has 1 amide bonds. The minimum Gasteiger partial charge on any atom is -0.390 e. The lowest BCUT2D eigenvalue weighted by atomic mass is 9.77. The Labute approximate surface area is 123 Å². The average molecular weight is 281 g/mol. The number of hydrogen-bond donors (Lipinski definition) is 1. The molecule has 0 spiro atoms. The molecule has 3 heteroatoms. The molecule has 2 fully saturated rings. The maximum Gasteiger partial charge on any atom is 0.228 e. The van der Waals surface area contributed by atoms with E-state index in [4.69, 9.17) is 0 Å². The van der Waals surface area contributed by atoms with Gasteiger partial charge in [-0.25, -0.2) is 0 Å². The van der Waals surface area contributed by atoms with E-state index in [2.05, 4.69) is 18.7 Å². The van der Waals surface area contributed by atoms with Crippen LogP contribution in [-0.2, 0) is 4.79 Å². The summed E-state index contributed by atoms with van der Waals surface area (Å²) < 4.78 is 0. The van der Waals surface area contributed by atoms with E-state index in [0.717, 1.165) is 51.6 Å². The second-order valence-corrected chi connectivity index (χ2v) is 7.73. The molecule has 116 valence electrons. The van der Waals surface area contributed by atoms with Gasteiger partial charge >= 0.3 is 0 Å². The van der Waals surface area contributed by atoms with Crippen molar-refractivity contribution in [3.8, 4) is 0 Å². The van der Waals surface area contributed by atoms with E-state index in [-0.39, 0.29) is 5.41 Å². The van der Waals surface area contributed by atoms with E-state index in [1.54, 1.807) is 0 Å². The molecule has 1 saturated carbocycles. The standard InChI is InChI=1S/C17H31NO2/c1-14(2)13-17(8-4-5-9-17)15(19)18-11-6-7-16(3,20)10-12-18/h14,20H,4-13H2,1-3H3. The molecule has 0 aromatic carbocycles. The van der Waals surface area contributed by atoms with Gasteiger partial charge in [-0.15, -0.1) is 0 Å². The number of likely N-dealkylation sites (tertiary alicyclic amines) is 1. The topological polar surface area (TPSA) is 40.5 Å². The summed E-state index contributed by atoms with van der Waals surface area (Å²) in [5.74, 6) is 0.952. The second-order valence-electron chi connectivity index (χ2n) is 7.73. The number of carbonyl (C=O) groups is 1. The van der Waals surface area contributed by atoms with Crippen molar-refractivity contribution >= 4 is 5.91 Å². The zero-order chi connectivity index (χ0) is 14.8. The maximum atomic E-state index is 13.1. The van der Waals surface area contributed by atoms with Crippen LogP contribution in [-0.4, -0.2) is 34.6 Å². The molecule has 1 saturated heterocycles. The van der Waals surface area contributed by atoms with Crippen LogP contribution in [0.4, 0.5) is 0 Å². The first-order valence-corrected chi connectivity index (χ1v) is 8.36. The first-order valence-electron chi connectivity index (χ1n) is 8.36. The van der Waals surface area contributed by atoms with Gasteiger partial charge in [0, 0.05) is 18.5 Å². The van der Waals surface area contributed by atoms with Gasteiger partial charge < -0.3 is 10.0 Å². The molecular formula is C17H31NO2.